The second kappa shape index (κ2) is 21.9. The normalized spacial score (nSPS) is 13.9. The van der Waals surface area contributed by atoms with Crippen LogP contribution in [0.3, 0.4) is 0 Å². The summed E-state index contributed by atoms with van der Waals surface area (Å²) in [5.41, 5.74) is 5.99. The second-order valence-corrected chi connectivity index (χ2v) is 13.4. The molecule has 0 amide bonds. The van der Waals surface area contributed by atoms with Crippen molar-refractivity contribution in [3.05, 3.63) is 0 Å². The summed E-state index contributed by atoms with van der Waals surface area (Å²) in [5, 5.41) is -0.937. The van der Waals surface area contributed by atoms with Crippen LogP contribution in [-0.2, 0) is 18.1 Å². The van der Waals surface area contributed by atoms with E-state index in [2.05, 4.69) is 6.92 Å². The van der Waals surface area contributed by atoms with E-state index in [1.807, 2.05) is 41.5 Å². The average Bonchev–Trinajstić information content (AvgIpc) is 2.81. The van der Waals surface area contributed by atoms with E-state index in [4.69, 9.17) is 19.0 Å². The van der Waals surface area contributed by atoms with Gasteiger partial charge in [0.1, 0.15) is 10.8 Å². The molecule has 0 fully saturated rings. The zero-order valence-corrected chi connectivity index (χ0v) is 26.9. The van der Waals surface area contributed by atoms with Crippen molar-refractivity contribution in [2.45, 2.75) is 162 Å². The summed E-state index contributed by atoms with van der Waals surface area (Å²) in [6.07, 6.45) is 19.3. The zero-order valence-electron chi connectivity index (χ0n) is 25.1. The highest BCUT2D eigenvalue weighted by Crippen LogP contribution is 2.53. The number of hydrogen-bond donors (Lipinski definition) is 1. The van der Waals surface area contributed by atoms with E-state index in [-0.39, 0.29) is 18.2 Å². The first-order valence-corrected chi connectivity index (χ1v) is 16.7. The summed E-state index contributed by atoms with van der Waals surface area (Å²) in [6.45, 7) is 15.2. The molecule has 0 spiro atoms. The molecule has 0 saturated carbocycles. The first-order chi connectivity index (χ1) is 16.7. The van der Waals surface area contributed by atoms with Gasteiger partial charge in [-0.1, -0.05) is 104 Å². The molecule has 1 atom stereocenters. The summed E-state index contributed by atoms with van der Waals surface area (Å²) in [6, 6.07) is 0. The number of nitrogens with two attached hydrogens (primary N) is 1. The van der Waals surface area contributed by atoms with Crippen molar-refractivity contribution in [1.82, 2.24) is 0 Å². The molecule has 1 unspecified atom stereocenters. The van der Waals surface area contributed by atoms with Gasteiger partial charge in [-0.2, -0.15) is 0 Å². The second-order valence-electron chi connectivity index (χ2n) is 10.6. The first-order valence-electron chi connectivity index (χ1n) is 15.0. The van der Waals surface area contributed by atoms with E-state index in [9.17, 15) is 4.79 Å². The van der Waals surface area contributed by atoms with Crippen LogP contribution in [0.4, 0.5) is 0 Å². The summed E-state index contributed by atoms with van der Waals surface area (Å²) in [7, 11) is -3.37. The third-order valence-electron chi connectivity index (χ3n) is 7.33. The van der Waals surface area contributed by atoms with Gasteiger partial charge >= 0.3 is 8.80 Å². The molecule has 2 N–H and O–H groups in total. The van der Waals surface area contributed by atoms with Crippen LogP contribution in [0.1, 0.15) is 151 Å². The van der Waals surface area contributed by atoms with Gasteiger partial charge in [0.15, 0.2) is 0 Å². The molecule has 0 aromatic rings. The molecule has 0 aromatic carbocycles. The minimum atomic E-state index is -3.37. The number of carbonyl (C=O) groups is 1. The number of carbonyl (C=O) groups excluding carboxylic acids is 1. The largest absolute Gasteiger partial charge is 0.517 e. The molecular weight excluding hydrogens is 490 g/mol. The Labute approximate surface area is 232 Å². The van der Waals surface area contributed by atoms with E-state index in [1.165, 1.54) is 77.0 Å². The van der Waals surface area contributed by atoms with Crippen LogP contribution in [-0.4, -0.2) is 39.9 Å². The van der Waals surface area contributed by atoms with Crippen molar-refractivity contribution in [2.75, 3.05) is 19.8 Å². The van der Waals surface area contributed by atoms with Crippen molar-refractivity contribution < 1.29 is 18.1 Å². The highest BCUT2D eigenvalue weighted by Gasteiger charge is 2.69. The summed E-state index contributed by atoms with van der Waals surface area (Å²) >= 11 is 0. The fourth-order valence-corrected chi connectivity index (χ4v) is 9.41. The van der Waals surface area contributed by atoms with E-state index in [0.29, 0.717) is 32.7 Å². The van der Waals surface area contributed by atoms with E-state index in [1.54, 1.807) is 0 Å². The Hall–Kier alpha value is 0.0169. The monoisotopic (exact) mass is 551 g/mol. The number of ketones is 1. The summed E-state index contributed by atoms with van der Waals surface area (Å²) < 4.78 is 18.9. The Bertz CT molecular complexity index is 513. The summed E-state index contributed by atoms with van der Waals surface area (Å²) in [4.78, 5) is 13.6. The molecule has 0 saturated heterocycles. The lowest BCUT2D eigenvalue weighted by molar-refractivity contribution is -0.127. The molecule has 0 bridgehead atoms. The fourth-order valence-electron chi connectivity index (χ4n) is 5.49. The molecule has 0 aliphatic rings. The van der Waals surface area contributed by atoms with E-state index in [0.717, 1.165) is 12.8 Å². The van der Waals surface area contributed by atoms with Gasteiger partial charge in [0.05, 0.1) is 0 Å². The van der Waals surface area contributed by atoms with Crippen molar-refractivity contribution in [3.8, 4) is 0 Å². The minimum Gasteiger partial charge on any atom is -0.373 e. The zero-order chi connectivity index (χ0) is 26.6. The number of hydrogen-bond acceptors (Lipinski definition) is 5. The topological polar surface area (TPSA) is 70.8 Å². The van der Waals surface area contributed by atoms with E-state index < -0.39 is 19.4 Å². The molecule has 0 aliphatic carbocycles. The first kappa shape index (κ1) is 38.2. The van der Waals surface area contributed by atoms with Crippen LogP contribution >= 0.6 is 12.4 Å². The Morgan fingerprint density at radius 3 is 1.25 bits per heavy atom. The molecule has 0 rings (SSSR count). The number of Topliss-reactive ketones (excluding diaryl/α,β-unsaturated/α-hetero) is 1. The molecule has 7 heteroatoms. The number of halogens is 1. The van der Waals surface area contributed by atoms with Gasteiger partial charge < -0.3 is 19.0 Å². The average molecular weight is 552 g/mol. The Balaban J connectivity index is 0. The molecule has 218 valence electrons. The van der Waals surface area contributed by atoms with Crippen molar-refractivity contribution in [1.29, 1.82) is 0 Å². The van der Waals surface area contributed by atoms with Crippen LogP contribution in [0, 0.1) is 0 Å². The maximum atomic E-state index is 13.6. The Morgan fingerprint density at radius 2 is 0.972 bits per heavy atom. The molecule has 36 heavy (non-hydrogen) atoms. The predicted molar refractivity (Wildman–Crippen MR) is 159 cm³/mol. The van der Waals surface area contributed by atoms with Gasteiger partial charge in [-0.3, -0.25) is 4.79 Å². The lowest BCUT2D eigenvalue weighted by Gasteiger charge is -2.51. The highest BCUT2D eigenvalue weighted by molar-refractivity contribution is 6.69. The Kier molecular flexibility index (Phi) is 23.2. The molecule has 0 heterocycles. The van der Waals surface area contributed by atoms with Gasteiger partial charge in [0.2, 0.25) is 0 Å². The van der Waals surface area contributed by atoms with Crippen LogP contribution in [0.25, 0.3) is 0 Å². The van der Waals surface area contributed by atoms with Crippen molar-refractivity contribution >= 4 is 27.0 Å². The molecule has 0 aromatic heterocycles. The molecule has 0 radical (unpaired) electrons. The maximum Gasteiger partial charge on any atom is 0.517 e. The quantitative estimate of drug-likeness (QED) is 0.0906. The van der Waals surface area contributed by atoms with Crippen LogP contribution in [0.2, 0.25) is 5.04 Å². The highest BCUT2D eigenvalue weighted by atomic mass is 35.5. The van der Waals surface area contributed by atoms with Gasteiger partial charge in [0, 0.05) is 31.8 Å². The van der Waals surface area contributed by atoms with Crippen molar-refractivity contribution in [2.24, 2.45) is 5.73 Å². The summed E-state index contributed by atoms with van der Waals surface area (Å²) in [5.74, 6) is 0.113. The SMILES string of the molecule is CCCCCCCCCCCCCCCCC(C(=O)CC)(C(C)(C)N)[Si](OCC)(OCC)OCC.Cl. The number of unbranched alkanes of at least 4 members (excludes halogenated alkanes) is 13. The van der Waals surface area contributed by atoms with Crippen molar-refractivity contribution in [3.63, 3.8) is 0 Å². The smallest absolute Gasteiger partial charge is 0.373 e. The fraction of sp³-hybridized carbons (Fsp3) is 0.966. The van der Waals surface area contributed by atoms with Gasteiger partial charge in [-0.15, -0.1) is 12.4 Å². The van der Waals surface area contributed by atoms with Gasteiger partial charge in [-0.05, 0) is 41.0 Å². The lowest BCUT2D eigenvalue weighted by atomic mass is 9.79. The van der Waals surface area contributed by atoms with Crippen LogP contribution in [0.5, 0.6) is 0 Å². The lowest BCUT2D eigenvalue weighted by Crippen LogP contribution is -2.69. The van der Waals surface area contributed by atoms with Crippen LogP contribution < -0.4 is 5.73 Å². The molecule has 0 aliphatic heterocycles. The minimum absolute atomic E-state index is 0. The van der Waals surface area contributed by atoms with Gasteiger partial charge in [-0.25, -0.2) is 0 Å². The molecule has 5 nitrogen and oxygen atoms in total. The third-order valence-corrected chi connectivity index (χ3v) is 11.6. The third kappa shape index (κ3) is 12.3. The Morgan fingerprint density at radius 1 is 0.639 bits per heavy atom. The van der Waals surface area contributed by atoms with E-state index >= 15 is 0 Å². The van der Waals surface area contributed by atoms with Gasteiger partial charge in [0.25, 0.3) is 0 Å². The molecular formula is C29H62ClNO4Si. The maximum absolute atomic E-state index is 13.6. The van der Waals surface area contributed by atoms with Crippen LogP contribution in [0.15, 0.2) is 0 Å². The predicted octanol–water partition coefficient (Wildman–Crippen LogP) is 8.78. The number of rotatable bonds is 25. The standard InChI is InChI=1S/C29H61NO4Si.ClH/c1-8-13-14-15-16-17-18-19-20-21-22-23-24-25-26-29(27(31)9-2,28(6,7)30)35(32-10-3,33-11-4)34-12-5;/h8-26,30H2,1-7H3;1H.